The summed E-state index contributed by atoms with van der Waals surface area (Å²) in [6, 6.07) is 9.97. The molecule has 3 heteroatoms. The Kier molecular flexibility index (Phi) is 3.31. The SMILES string of the molecule is CCC(C)(C#N)C(O)c1cncc2ccccc12. The van der Waals surface area contributed by atoms with Crippen molar-refractivity contribution >= 4 is 10.8 Å². The number of aromatic nitrogens is 1. The number of fused-ring (bicyclic) bond motifs is 1. The lowest BCUT2D eigenvalue weighted by Gasteiger charge is -2.27. The highest BCUT2D eigenvalue weighted by atomic mass is 16.3. The molecule has 0 aliphatic carbocycles. The second-order valence-corrected chi connectivity index (χ2v) is 4.74. The number of aliphatic hydroxyl groups excluding tert-OH is 1. The van der Waals surface area contributed by atoms with Crippen LogP contribution in [0.1, 0.15) is 31.9 Å². The van der Waals surface area contributed by atoms with Gasteiger partial charge in [-0.2, -0.15) is 5.26 Å². The third kappa shape index (κ3) is 1.96. The van der Waals surface area contributed by atoms with Gasteiger partial charge in [0, 0.05) is 23.3 Å². The Morgan fingerprint density at radius 2 is 2.11 bits per heavy atom. The molecule has 2 unspecified atom stereocenters. The Bertz CT molecular complexity index is 597. The molecule has 0 spiro atoms. The maximum atomic E-state index is 10.5. The van der Waals surface area contributed by atoms with Crippen molar-refractivity contribution in [1.29, 1.82) is 5.26 Å². The van der Waals surface area contributed by atoms with Crippen LogP contribution in [0.15, 0.2) is 36.7 Å². The Morgan fingerprint density at radius 1 is 1.39 bits per heavy atom. The fourth-order valence-corrected chi connectivity index (χ4v) is 2.03. The Morgan fingerprint density at radius 3 is 2.78 bits per heavy atom. The minimum atomic E-state index is -0.828. The summed E-state index contributed by atoms with van der Waals surface area (Å²) in [6.45, 7) is 3.68. The van der Waals surface area contributed by atoms with Crippen molar-refractivity contribution in [2.75, 3.05) is 0 Å². The molecule has 3 nitrogen and oxygen atoms in total. The summed E-state index contributed by atoms with van der Waals surface area (Å²) in [5.74, 6) is 0. The monoisotopic (exact) mass is 240 g/mol. The second-order valence-electron chi connectivity index (χ2n) is 4.74. The first kappa shape index (κ1) is 12.5. The molecule has 0 saturated heterocycles. The Hall–Kier alpha value is -1.92. The van der Waals surface area contributed by atoms with Crippen LogP contribution in [0, 0.1) is 16.7 Å². The summed E-state index contributed by atoms with van der Waals surface area (Å²) < 4.78 is 0. The van der Waals surface area contributed by atoms with Gasteiger partial charge in [-0.1, -0.05) is 31.2 Å². The van der Waals surface area contributed by atoms with E-state index in [-0.39, 0.29) is 0 Å². The van der Waals surface area contributed by atoms with E-state index in [9.17, 15) is 10.4 Å². The zero-order chi connectivity index (χ0) is 13.2. The summed E-state index contributed by atoms with van der Waals surface area (Å²) in [5.41, 5.74) is -0.0646. The number of aliphatic hydroxyl groups is 1. The third-order valence-electron chi connectivity index (χ3n) is 3.59. The predicted octanol–water partition coefficient (Wildman–Crippen LogP) is 3.21. The molecule has 1 heterocycles. The first-order valence-electron chi connectivity index (χ1n) is 6.04. The molecule has 0 fully saturated rings. The van der Waals surface area contributed by atoms with Gasteiger partial charge in [-0.15, -0.1) is 0 Å². The van der Waals surface area contributed by atoms with Gasteiger partial charge in [0.05, 0.1) is 17.6 Å². The van der Waals surface area contributed by atoms with E-state index in [1.165, 1.54) is 0 Å². The molecular weight excluding hydrogens is 224 g/mol. The molecule has 1 aromatic carbocycles. The molecule has 0 aliphatic rings. The quantitative estimate of drug-likeness (QED) is 0.896. The molecule has 0 saturated carbocycles. The van der Waals surface area contributed by atoms with Gasteiger partial charge in [-0.3, -0.25) is 4.98 Å². The lowest BCUT2D eigenvalue weighted by Crippen LogP contribution is -2.23. The van der Waals surface area contributed by atoms with Crippen molar-refractivity contribution in [3.8, 4) is 6.07 Å². The molecular formula is C15H16N2O. The average Bonchev–Trinajstić information content (AvgIpc) is 2.45. The summed E-state index contributed by atoms with van der Waals surface area (Å²) in [5, 5.41) is 21.7. The van der Waals surface area contributed by atoms with Gasteiger partial charge in [0.1, 0.15) is 0 Å². The van der Waals surface area contributed by atoms with Gasteiger partial charge < -0.3 is 5.11 Å². The summed E-state index contributed by atoms with van der Waals surface area (Å²) in [7, 11) is 0. The predicted molar refractivity (Wildman–Crippen MR) is 70.7 cm³/mol. The van der Waals surface area contributed by atoms with Crippen molar-refractivity contribution in [3.05, 3.63) is 42.2 Å². The number of nitriles is 1. The molecule has 92 valence electrons. The number of nitrogens with zero attached hydrogens (tertiary/aromatic N) is 2. The maximum absolute atomic E-state index is 10.5. The molecule has 2 atom stereocenters. The van der Waals surface area contributed by atoms with E-state index in [2.05, 4.69) is 11.1 Å². The third-order valence-corrected chi connectivity index (χ3v) is 3.59. The average molecular weight is 240 g/mol. The molecule has 18 heavy (non-hydrogen) atoms. The minimum Gasteiger partial charge on any atom is -0.387 e. The van der Waals surface area contributed by atoms with Crippen LogP contribution in [0.2, 0.25) is 0 Å². The lowest BCUT2D eigenvalue weighted by molar-refractivity contribution is 0.0732. The van der Waals surface area contributed by atoms with Gasteiger partial charge >= 0.3 is 0 Å². The lowest BCUT2D eigenvalue weighted by atomic mass is 9.79. The Balaban J connectivity index is 2.59. The first-order valence-corrected chi connectivity index (χ1v) is 6.04. The number of hydrogen-bond acceptors (Lipinski definition) is 3. The zero-order valence-corrected chi connectivity index (χ0v) is 10.6. The highest BCUT2D eigenvalue weighted by Crippen LogP contribution is 2.38. The van der Waals surface area contributed by atoms with Gasteiger partial charge in [0.2, 0.25) is 0 Å². The van der Waals surface area contributed by atoms with Gasteiger partial charge in [-0.25, -0.2) is 0 Å². The topological polar surface area (TPSA) is 56.9 Å². The van der Waals surface area contributed by atoms with Crippen molar-refractivity contribution in [2.45, 2.75) is 26.4 Å². The van der Waals surface area contributed by atoms with Crippen LogP contribution in [0.4, 0.5) is 0 Å². The van der Waals surface area contributed by atoms with Crippen LogP contribution in [0.3, 0.4) is 0 Å². The fraction of sp³-hybridized carbons (Fsp3) is 0.333. The number of benzene rings is 1. The van der Waals surface area contributed by atoms with E-state index >= 15 is 0 Å². The molecule has 1 aromatic heterocycles. The van der Waals surface area contributed by atoms with Crippen LogP contribution in [-0.2, 0) is 0 Å². The normalized spacial score (nSPS) is 15.9. The van der Waals surface area contributed by atoms with Crippen LogP contribution < -0.4 is 0 Å². The van der Waals surface area contributed by atoms with E-state index < -0.39 is 11.5 Å². The van der Waals surface area contributed by atoms with Gasteiger partial charge in [-0.05, 0) is 18.7 Å². The van der Waals surface area contributed by atoms with E-state index in [0.29, 0.717) is 6.42 Å². The van der Waals surface area contributed by atoms with Gasteiger partial charge in [0.25, 0.3) is 0 Å². The second kappa shape index (κ2) is 4.75. The first-order chi connectivity index (χ1) is 8.62. The minimum absolute atomic E-state index is 0.591. The Labute approximate surface area is 107 Å². The molecule has 0 amide bonds. The van der Waals surface area contributed by atoms with E-state index in [0.717, 1.165) is 16.3 Å². The van der Waals surface area contributed by atoms with E-state index in [1.54, 1.807) is 19.3 Å². The van der Waals surface area contributed by atoms with Crippen molar-refractivity contribution in [3.63, 3.8) is 0 Å². The van der Waals surface area contributed by atoms with E-state index in [1.807, 2.05) is 31.2 Å². The van der Waals surface area contributed by atoms with Crippen molar-refractivity contribution < 1.29 is 5.11 Å². The highest BCUT2D eigenvalue weighted by Gasteiger charge is 2.33. The molecule has 0 radical (unpaired) electrons. The standard InChI is InChI=1S/C15H16N2O/c1-3-15(2,10-16)14(18)13-9-17-8-11-6-4-5-7-12(11)13/h4-9,14,18H,3H2,1-2H3. The summed E-state index contributed by atoms with van der Waals surface area (Å²) >= 11 is 0. The summed E-state index contributed by atoms with van der Waals surface area (Å²) in [6.07, 6.45) is 3.18. The maximum Gasteiger partial charge on any atom is 0.0994 e. The zero-order valence-electron chi connectivity index (χ0n) is 10.6. The van der Waals surface area contributed by atoms with Crippen LogP contribution in [0.25, 0.3) is 10.8 Å². The van der Waals surface area contributed by atoms with Crippen molar-refractivity contribution in [1.82, 2.24) is 4.98 Å². The van der Waals surface area contributed by atoms with Crippen molar-refractivity contribution in [2.24, 2.45) is 5.41 Å². The largest absolute Gasteiger partial charge is 0.387 e. The molecule has 0 bridgehead atoms. The van der Waals surface area contributed by atoms with Crippen LogP contribution in [0.5, 0.6) is 0 Å². The van der Waals surface area contributed by atoms with E-state index in [4.69, 9.17) is 0 Å². The fourth-order valence-electron chi connectivity index (χ4n) is 2.03. The molecule has 2 aromatic rings. The number of pyridine rings is 1. The summed E-state index contributed by atoms with van der Waals surface area (Å²) in [4.78, 5) is 4.15. The molecule has 2 rings (SSSR count). The van der Waals surface area contributed by atoms with Crippen LogP contribution in [-0.4, -0.2) is 10.1 Å². The number of rotatable bonds is 3. The van der Waals surface area contributed by atoms with Crippen LogP contribution >= 0.6 is 0 Å². The van der Waals surface area contributed by atoms with Gasteiger partial charge in [0.15, 0.2) is 0 Å². The highest BCUT2D eigenvalue weighted by molar-refractivity contribution is 5.85. The smallest absolute Gasteiger partial charge is 0.0994 e. The molecule has 0 aliphatic heterocycles. The number of hydrogen-bond donors (Lipinski definition) is 1. The molecule has 1 N–H and O–H groups in total.